The second-order valence-corrected chi connectivity index (χ2v) is 4.93. The zero-order chi connectivity index (χ0) is 15.4. The van der Waals surface area contributed by atoms with Gasteiger partial charge < -0.3 is 20.6 Å². The van der Waals surface area contributed by atoms with E-state index in [1.54, 1.807) is 6.07 Å². The van der Waals surface area contributed by atoms with Gasteiger partial charge >= 0.3 is 0 Å². The third-order valence-corrected chi connectivity index (χ3v) is 3.18. The Morgan fingerprint density at radius 3 is 2.43 bits per heavy atom. The summed E-state index contributed by atoms with van der Waals surface area (Å²) in [5.74, 6) is -0.963. The Hall–Kier alpha value is -2.40. The molecule has 0 aliphatic heterocycles. The molecule has 0 atom stereocenters. The predicted octanol–water partition coefficient (Wildman–Crippen LogP) is 2.43. The van der Waals surface area contributed by atoms with Crippen molar-refractivity contribution in [2.24, 2.45) is 0 Å². The Morgan fingerprint density at radius 2 is 1.71 bits per heavy atom. The van der Waals surface area contributed by atoms with E-state index in [1.807, 2.05) is 0 Å². The Balaban J connectivity index is 1.95. The summed E-state index contributed by atoms with van der Waals surface area (Å²) >= 11 is 5.78. The van der Waals surface area contributed by atoms with Gasteiger partial charge in [-0.2, -0.15) is 0 Å². The van der Waals surface area contributed by atoms with Crippen LogP contribution in [0.5, 0.6) is 17.2 Å². The number of carbonyl (C=O) groups excluding carboxylic acids is 1. The Kier molecular flexibility index (Phi) is 4.55. The molecule has 0 aliphatic carbocycles. The number of hydrogen-bond donors (Lipinski definition) is 4. The van der Waals surface area contributed by atoms with Crippen molar-refractivity contribution in [3.8, 4) is 17.2 Å². The topological polar surface area (TPSA) is 89.8 Å². The summed E-state index contributed by atoms with van der Waals surface area (Å²) in [5, 5.41) is 31.2. The van der Waals surface area contributed by atoms with E-state index >= 15 is 0 Å². The molecule has 1 amide bonds. The molecule has 0 aromatic heterocycles. The largest absolute Gasteiger partial charge is 0.507 e. The number of nitrogens with one attached hydrogen (secondary N) is 1. The van der Waals surface area contributed by atoms with Gasteiger partial charge in [-0.3, -0.25) is 4.79 Å². The van der Waals surface area contributed by atoms with Crippen LogP contribution in [0, 0.1) is 0 Å². The van der Waals surface area contributed by atoms with E-state index in [1.165, 1.54) is 30.3 Å². The molecule has 0 saturated heterocycles. The van der Waals surface area contributed by atoms with Crippen LogP contribution in [-0.2, 0) is 6.42 Å². The first-order chi connectivity index (χ1) is 9.97. The first kappa shape index (κ1) is 15.0. The van der Waals surface area contributed by atoms with Crippen LogP contribution in [0.2, 0.25) is 5.02 Å². The van der Waals surface area contributed by atoms with Gasteiger partial charge in [-0.05, 0) is 42.3 Å². The first-order valence-electron chi connectivity index (χ1n) is 6.25. The molecule has 4 N–H and O–H groups in total. The zero-order valence-electron chi connectivity index (χ0n) is 11.0. The Bertz CT molecular complexity index is 673. The number of benzene rings is 2. The minimum atomic E-state index is -0.432. The predicted molar refractivity (Wildman–Crippen MR) is 78.9 cm³/mol. The van der Waals surface area contributed by atoms with E-state index in [9.17, 15) is 20.1 Å². The van der Waals surface area contributed by atoms with Crippen molar-refractivity contribution in [3.63, 3.8) is 0 Å². The van der Waals surface area contributed by atoms with Crippen molar-refractivity contribution in [1.29, 1.82) is 0 Å². The summed E-state index contributed by atoms with van der Waals surface area (Å²) in [4.78, 5) is 11.9. The minimum absolute atomic E-state index is 0.107. The number of hydrogen-bond acceptors (Lipinski definition) is 4. The average Bonchev–Trinajstić information content (AvgIpc) is 2.45. The van der Waals surface area contributed by atoms with Crippen LogP contribution >= 0.6 is 11.6 Å². The van der Waals surface area contributed by atoms with Crippen molar-refractivity contribution in [2.75, 3.05) is 6.54 Å². The summed E-state index contributed by atoms with van der Waals surface area (Å²) < 4.78 is 0. The highest BCUT2D eigenvalue weighted by Crippen LogP contribution is 2.25. The molecular weight excluding hydrogens is 294 g/mol. The SMILES string of the molecule is O=C(NCCc1ccc(O)c(O)c1)c1cc(Cl)ccc1O. The van der Waals surface area contributed by atoms with Gasteiger partial charge in [0.2, 0.25) is 0 Å². The van der Waals surface area contributed by atoms with Crippen LogP contribution in [0.1, 0.15) is 15.9 Å². The number of aromatic hydroxyl groups is 3. The van der Waals surface area contributed by atoms with Crippen LogP contribution in [0.3, 0.4) is 0 Å². The molecule has 2 aromatic carbocycles. The van der Waals surface area contributed by atoms with Gasteiger partial charge in [0, 0.05) is 11.6 Å². The van der Waals surface area contributed by atoms with Crippen LogP contribution in [0.4, 0.5) is 0 Å². The van der Waals surface area contributed by atoms with Crippen molar-refractivity contribution < 1.29 is 20.1 Å². The number of amides is 1. The van der Waals surface area contributed by atoms with Crippen molar-refractivity contribution in [2.45, 2.75) is 6.42 Å². The zero-order valence-corrected chi connectivity index (χ0v) is 11.8. The maximum Gasteiger partial charge on any atom is 0.255 e. The molecule has 0 radical (unpaired) electrons. The van der Waals surface area contributed by atoms with Gasteiger partial charge in [-0.15, -0.1) is 0 Å². The van der Waals surface area contributed by atoms with E-state index in [2.05, 4.69) is 5.32 Å². The van der Waals surface area contributed by atoms with E-state index in [4.69, 9.17) is 11.6 Å². The summed E-state index contributed by atoms with van der Waals surface area (Å²) in [6, 6.07) is 8.70. The van der Waals surface area contributed by atoms with Gasteiger partial charge in [0.25, 0.3) is 5.91 Å². The number of rotatable bonds is 4. The number of phenols is 3. The summed E-state index contributed by atoms with van der Waals surface area (Å²) in [7, 11) is 0. The second kappa shape index (κ2) is 6.37. The molecule has 5 nitrogen and oxygen atoms in total. The number of halogens is 1. The standard InChI is InChI=1S/C15H14ClNO4/c16-10-2-4-12(18)11(8-10)15(21)17-6-5-9-1-3-13(19)14(20)7-9/h1-4,7-8,18-20H,5-6H2,(H,17,21). The molecule has 0 unspecified atom stereocenters. The lowest BCUT2D eigenvalue weighted by Gasteiger charge is -2.08. The van der Waals surface area contributed by atoms with Gasteiger partial charge in [-0.1, -0.05) is 17.7 Å². The molecule has 0 fully saturated rings. The molecule has 0 heterocycles. The van der Waals surface area contributed by atoms with Crippen molar-refractivity contribution in [3.05, 3.63) is 52.5 Å². The molecule has 6 heteroatoms. The molecule has 110 valence electrons. The first-order valence-corrected chi connectivity index (χ1v) is 6.63. The average molecular weight is 308 g/mol. The molecule has 2 rings (SSSR count). The van der Waals surface area contributed by atoms with Gasteiger partial charge in [-0.25, -0.2) is 0 Å². The number of carbonyl (C=O) groups is 1. The third-order valence-electron chi connectivity index (χ3n) is 2.94. The minimum Gasteiger partial charge on any atom is -0.507 e. The van der Waals surface area contributed by atoms with Crippen molar-refractivity contribution >= 4 is 17.5 Å². The molecule has 0 spiro atoms. The monoisotopic (exact) mass is 307 g/mol. The van der Waals surface area contributed by atoms with Gasteiger partial charge in [0.15, 0.2) is 11.5 Å². The second-order valence-electron chi connectivity index (χ2n) is 4.49. The highest BCUT2D eigenvalue weighted by Gasteiger charge is 2.11. The third kappa shape index (κ3) is 3.79. The maximum atomic E-state index is 11.9. The highest BCUT2D eigenvalue weighted by atomic mass is 35.5. The van der Waals surface area contributed by atoms with Crippen molar-refractivity contribution in [1.82, 2.24) is 5.32 Å². The van der Waals surface area contributed by atoms with E-state index in [-0.39, 0.29) is 22.8 Å². The molecule has 2 aromatic rings. The fourth-order valence-corrected chi connectivity index (χ4v) is 2.00. The maximum absolute atomic E-state index is 11.9. The molecule has 0 saturated carbocycles. The van der Waals surface area contributed by atoms with Gasteiger partial charge in [0.1, 0.15) is 5.75 Å². The van der Waals surface area contributed by atoms with Crippen LogP contribution < -0.4 is 5.32 Å². The lowest BCUT2D eigenvalue weighted by Crippen LogP contribution is -2.25. The normalized spacial score (nSPS) is 10.3. The lowest BCUT2D eigenvalue weighted by atomic mass is 10.1. The molecular formula is C15H14ClNO4. The van der Waals surface area contributed by atoms with E-state index < -0.39 is 5.91 Å². The van der Waals surface area contributed by atoms with Crippen LogP contribution in [0.25, 0.3) is 0 Å². The van der Waals surface area contributed by atoms with E-state index in [0.29, 0.717) is 18.0 Å². The Morgan fingerprint density at radius 1 is 1.00 bits per heavy atom. The smallest absolute Gasteiger partial charge is 0.255 e. The number of phenolic OH excluding ortho intramolecular Hbond substituents is 3. The Labute approximate surface area is 126 Å². The van der Waals surface area contributed by atoms with Crippen LogP contribution in [0.15, 0.2) is 36.4 Å². The van der Waals surface area contributed by atoms with Crippen LogP contribution in [-0.4, -0.2) is 27.8 Å². The summed E-state index contributed by atoms with van der Waals surface area (Å²) in [6.07, 6.45) is 0.473. The fourth-order valence-electron chi connectivity index (χ4n) is 1.83. The quantitative estimate of drug-likeness (QED) is 0.653. The van der Waals surface area contributed by atoms with Gasteiger partial charge in [0.05, 0.1) is 5.56 Å². The summed E-state index contributed by atoms with van der Waals surface area (Å²) in [5.41, 5.74) is 0.872. The highest BCUT2D eigenvalue weighted by molar-refractivity contribution is 6.31. The lowest BCUT2D eigenvalue weighted by molar-refractivity contribution is 0.0951. The summed E-state index contributed by atoms with van der Waals surface area (Å²) in [6.45, 7) is 0.314. The molecule has 21 heavy (non-hydrogen) atoms. The molecule has 0 aliphatic rings. The fraction of sp³-hybridized carbons (Fsp3) is 0.133. The molecule has 0 bridgehead atoms. The van der Waals surface area contributed by atoms with E-state index in [0.717, 1.165) is 5.56 Å².